The lowest BCUT2D eigenvalue weighted by molar-refractivity contribution is 0.162. The monoisotopic (exact) mass is 929 g/mol. The Labute approximate surface area is 229 Å². The van der Waals surface area contributed by atoms with E-state index in [1.165, 1.54) is 0 Å². The Balaban J connectivity index is 0.000000597. The number of ether oxygens (including phenoxy) is 1. The molecular formula is C16H11Br9O. The van der Waals surface area contributed by atoms with Crippen LogP contribution in [-0.2, 0) is 4.74 Å². The van der Waals surface area contributed by atoms with Crippen LogP contribution in [0.15, 0.2) is 46.3 Å². The van der Waals surface area contributed by atoms with Gasteiger partial charge in [-0.1, -0.05) is 0 Å². The van der Waals surface area contributed by atoms with Crippen LogP contribution < -0.4 is 0 Å². The Morgan fingerprint density at radius 1 is 0.577 bits per heavy atom. The van der Waals surface area contributed by atoms with Crippen molar-refractivity contribution in [2.45, 2.75) is 13.8 Å². The Kier molecular flexibility index (Phi) is 12.9. The molecule has 2 aromatic rings. The van der Waals surface area contributed by atoms with Gasteiger partial charge in [-0.25, -0.2) is 0 Å². The summed E-state index contributed by atoms with van der Waals surface area (Å²) in [6, 6.07) is 2.05. The van der Waals surface area contributed by atoms with Crippen molar-refractivity contribution < 1.29 is 4.74 Å². The summed E-state index contributed by atoms with van der Waals surface area (Å²) in [5.41, 5.74) is 2.06. The molecule has 2 aromatic carbocycles. The molecule has 0 atom stereocenters. The van der Waals surface area contributed by atoms with Gasteiger partial charge in [0.1, 0.15) is 0 Å². The number of hydrogen-bond acceptors (Lipinski definition) is 1. The first-order chi connectivity index (χ1) is 12.1. The first kappa shape index (κ1) is 26.8. The van der Waals surface area contributed by atoms with Gasteiger partial charge in [-0.3, -0.25) is 0 Å². The molecule has 0 fully saturated rings. The van der Waals surface area contributed by atoms with Gasteiger partial charge in [0.25, 0.3) is 0 Å². The van der Waals surface area contributed by atoms with Crippen LogP contribution in [0, 0.1) is 0 Å². The molecule has 0 amide bonds. The second-order valence-corrected chi connectivity index (χ2v) is 11.8. The Morgan fingerprint density at radius 2 is 0.962 bits per heavy atom. The second kappa shape index (κ2) is 12.5. The molecular weight excluding hydrogens is 927 g/mol. The van der Waals surface area contributed by atoms with E-state index >= 15 is 0 Å². The molecule has 0 saturated carbocycles. The van der Waals surface area contributed by atoms with E-state index in [1.807, 2.05) is 13.8 Å². The third-order valence-corrected chi connectivity index (χ3v) is 13.7. The highest BCUT2D eigenvalue weighted by molar-refractivity contribution is 9.16. The van der Waals surface area contributed by atoms with E-state index in [0.717, 1.165) is 64.6 Å². The molecule has 0 radical (unpaired) electrons. The van der Waals surface area contributed by atoms with Gasteiger partial charge >= 0.3 is 0 Å². The Morgan fingerprint density at radius 3 is 1.35 bits per heavy atom. The predicted molar refractivity (Wildman–Crippen MR) is 143 cm³/mol. The lowest BCUT2D eigenvalue weighted by Crippen LogP contribution is -1.91. The molecule has 0 aliphatic carbocycles. The van der Waals surface area contributed by atoms with Crippen LogP contribution in [0.1, 0.15) is 13.8 Å². The average molecular weight is 938 g/mol. The quantitative estimate of drug-likeness (QED) is 0.220. The average Bonchev–Trinajstić information content (AvgIpc) is 2.62. The van der Waals surface area contributed by atoms with Crippen molar-refractivity contribution in [3.63, 3.8) is 0 Å². The second-order valence-electron chi connectivity index (χ2n) is 4.57. The Hall–Kier alpha value is 2.72. The molecule has 1 nitrogen and oxygen atoms in total. The molecule has 0 saturated heterocycles. The van der Waals surface area contributed by atoms with Crippen molar-refractivity contribution >= 4 is 143 Å². The van der Waals surface area contributed by atoms with Gasteiger partial charge < -0.3 is 4.74 Å². The van der Waals surface area contributed by atoms with E-state index in [2.05, 4.69) is 149 Å². The van der Waals surface area contributed by atoms with Crippen molar-refractivity contribution in [3.05, 3.63) is 46.3 Å². The number of benzene rings is 2. The van der Waals surface area contributed by atoms with E-state index in [-0.39, 0.29) is 0 Å². The fraction of sp³-hybridized carbons (Fsp3) is 0.250. The maximum atomic E-state index is 4.83. The van der Waals surface area contributed by atoms with Crippen molar-refractivity contribution in [3.8, 4) is 11.1 Å². The normalized spacial score (nSPS) is 10.6. The summed E-state index contributed by atoms with van der Waals surface area (Å²) >= 11 is 32.4. The zero-order chi connectivity index (χ0) is 20.2. The van der Waals surface area contributed by atoms with E-state index in [1.54, 1.807) is 0 Å². The summed E-state index contributed by atoms with van der Waals surface area (Å²) in [5.74, 6) is 0. The Bertz CT molecular complexity index is 774. The third kappa shape index (κ3) is 6.36. The maximum absolute atomic E-state index is 4.83. The van der Waals surface area contributed by atoms with Gasteiger partial charge in [0.2, 0.25) is 0 Å². The molecule has 0 aliphatic rings. The molecule has 10 heteroatoms. The van der Waals surface area contributed by atoms with Crippen LogP contribution in [0.5, 0.6) is 0 Å². The standard InChI is InChI=1S/C12HBr9.C4H10O/c13-3-1-2(5(14)9(18)6(3)15)4-7(16)10(19)12(21)11(20)8(4)17;1-3-5-4-2/h1H;3-4H2,1-2H3. The summed E-state index contributed by atoms with van der Waals surface area (Å²) in [4.78, 5) is 0. The van der Waals surface area contributed by atoms with Crippen molar-refractivity contribution in [1.82, 2.24) is 0 Å². The summed E-state index contributed by atoms with van der Waals surface area (Å²) in [7, 11) is 0. The first-order valence-electron chi connectivity index (χ1n) is 7.02. The zero-order valence-electron chi connectivity index (χ0n) is 13.3. The van der Waals surface area contributed by atoms with Crippen LogP contribution in [0.3, 0.4) is 0 Å². The highest BCUT2D eigenvalue weighted by Crippen LogP contribution is 2.52. The minimum absolute atomic E-state index is 0.844. The molecule has 0 heterocycles. The van der Waals surface area contributed by atoms with Crippen LogP contribution in [0.25, 0.3) is 11.1 Å². The minimum atomic E-state index is 0.844. The van der Waals surface area contributed by atoms with Gasteiger partial charge in [0.05, 0.1) is 0 Å². The summed E-state index contributed by atoms with van der Waals surface area (Å²) in [6.45, 7) is 5.67. The number of rotatable bonds is 3. The van der Waals surface area contributed by atoms with Crippen LogP contribution in [-0.4, -0.2) is 13.2 Å². The van der Waals surface area contributed by atoms with Crippen LogP contribution >= 0.6 is 143 Å². The molecule has 0 unspecified atom stereocenters. The SMILES string of the molecule is Brc1cc(-c2c(Br)c(Br)c(Br)c(Br)c2Br)c(Br)c(Br)c1Br.CCOCC. The number of hydrogen-bond donors (Lipinski definition) is 0. The van der Waals surface area contributed by atoms with Crippen LogP contribution in [0.2, 0.25) is 0 Å². The van der Waals surface area contributed by atoms with E-state index < -0.39 is 0 Å². The molecule has 0 bridgehead atoms. The van der Waals surface area contributed by atoms with Gasteiger partial charge in [0.15, 0.2) is 0 Å². The highest BCUT2D eigenvalue weighted by atomic mass is 79.9. The van der Waals surface area contributed by atoms with E-state index in [4.69, 9.17) is 4.74 Å². The topological polar surface area (TPSA) is 9.23 Å². The molecule has 2 rings (SSSR count). The largest absolute Gasteiger partial charge is 0.382 e. The maximum Gasteiger partial charge on any atom is 0.0482 e. The zero-order valence-corrected chi connectivity index (χ0v) is 27.6. The van der Waals surface area contributed by atoms with Crippen molar-refractivity contribution in [2.24, 2.45) is 0 Å². The highest BCUT2D eigenvalue weighted by Gasteiger charge is 2.22. The molecule has 0 spiro atoms. The molecule has 26 heavy (non-hydrogen) atoms. The van der Waals surface area contributed by atoms with Crippen molar-refractivity contribution in [1.29, 1.82) is 0 Å². The first-order valence-corrected chi connectivity index (χ1v) is 14.2. The lowest BCUT2D eigenvalue weighted by atomic mass is 10.1. The molecule has 0 aliphatic heterocycles. The summed E-state index contributed by atoms with van der Waals surface area (Å²) < 4.78 is 13.4. The fourth-order valence-electron chi connectivity index (χ4n) is 1.80. The van der Waals surface area contributed by atoms with Crippen molar-refractivity contribution in [2.75, 3.05) is 13.2 Å². The van der Waals surface area contributed by atoms with Gasteiger partial charge in [-0.2, -0.15) is 0 Å². The van der Waals surface area contributed by atoms with Gasteiger partial charge in [-0.05, 0) is 163 Å². The lowest BCUT2D eigenvalue weighted by Gasteiger charge is -2.17. The molecule has 0 N–H and O–H groups in total. The van der Waals surface area contributed by atoms with Gasteiger partial charge in [0, 0.05) is 64.6 Å². The van der Waals surface area contributed by atoms with E-state index in [0.29, 0.717) is 0 Å². The van der Waals surface area contributed by atoms with E-state index in [9.17, 15) is 0 Å². The fourth-order valence-corrected chi connectivity index (χ4v) is 7.48. The smallest absolute Gasteiger partial charge is 0.0482 e. The number of halogens is 9. The summed E-state index contributed by atoms with van der Waals surface area (Å²) in [5, 5.41) is 0. The van der Waals surface area contributed by atoms with Crippen LogP contribution in [0.4, 0.5) is 0 Å². The third-order valence-electron chi connectivity index (χ3n) is 2.99. The summed E-state index contributed by atoms with van der Waals surface area (Å²) in [6.07, 6.45) is 0. The predicted octanol–water partition coefficient (Wildman–Crippen LogP) is 11.3. The van der Waals surface area contributed by atoms with Gasteiger partial charge in [-0.15, -0.1) is 0 Å². The minimum Gasteiger partial charge on any atom is -0.382 e. The molecule has 0 aromatic heterocycles. The molecule has 144 valence electrons.